The smallest absolute Gasteiger partial charge is 0.247 e. The van der Waals surface area contributed by atoms with Crippen molar-refractivity contribution in [2.24, 2.45) is 11.7 Å². The Labute approximate surface area is 199 Å². The van der Waals surface area contributed by atoms with E-state index >= 15 is 0 Å². The summed E-state index contributed by atoms with van der Waals surface area (Å²) in [6.45, 7) is 6.67. The Balaban J connectivity index is 1.43. The fourth-order valence-corrected chi connectivity index (χ4v) is 4.20. The number of rotatable bonds is 7. The van der Waals surface area contributed by atoms with E-state index in [0.29, 0.717) is 17.6 Å². The van der Waals surface area contributed by atoms with E-state index in [-0.39, 0.29) is 5.41 Å². The van der Waals surface area contributed by atoms with Crippen LogP contribution < -0.4 is 10.5 Å². The molecule has 0 saturated heterocycles. The van der Waals surface area contributed by atoms with E-state index < -0.39 is 5.54 Å². The maximum atomic E-state index is 6.18. The predicted octanol–water partition coefficient (Wildman–Crippen LogP) is 5.11. The molecule has 3 heterocycles. The lowest BCUT2D eigenvalue weighted by molar-refractivity contribution is 0.348. The van der Waals surface area contributed by atoms with Crippen molar-refractivity contribution in [2.45, 2.75) is 44.6 Å². The molecule has 1 saturated carbocycles. The molecule has 4 aromatic rings. The monoisotopic (exact) mass is 455 g/mol. The van der Waals surface area contributed by atoms with Crippen LogP contribution >= 0.6 is 0 Å². The molecule has 1 aromatic carbocycles. The summed E-state index contributed by atoms with van der Waals surface area (Å²) in [5.41, 5.74) is 10.6. The Kier molecular flexibility index (Phi) is 5.44. The van der Waals surface area contributed by atoms with Gasteiger partial charge in [0.25, 0.3) is 0 Å². The minimum Gasteiger partial charge on any atom is -0.495 e. The van der Waals surface area contributed by atoms with E-state index in [9.17, 15) is 0 Å². The van der Waals surface area contributed by atoms with Gasteiger partial charge in [0.15, 0.2) is 0 Å². The average molecular weight is 456 g/mol. The van der Waals surface area contributed by atoms with Gasteiger partial charge in [0, 0.05) is 28.9 Å². The number of ether oxygens (including phenoxy) is 1. The number of pyridine rings is 2. The molecule has 5 rings (SSSR count). The van der Waals surface area contributed by atoms with Gasteiger partial charge in [-0.25, -0.2) is 0 Å². The van der Waals surface area contributed by atoms with Crippen molar-refractivity contribution in [3.05, 3.63) is 78.2 Å². The molecule has 2 N–H and O–H groups in total. The number of hydrogen-bond donors (Lipinski definition) is 1. The maximum Gasteiger partial charge on any atom is 0.247 e. The molecule has 0 aliphatic heterocycles. The van der Waals surface area contributed by atoms with E-state index in [2.05, 4.69) is 66.2 Å². The standard InChI is InChI=1S/C27H29N5O2/c1-17(2)26(3,21-8-5-18(6-9-21)20-13-22(33-4)16-29-14-20)23-10-7-19(15-30-23)24-31-25(34-32-24)27(28)11-12-27/h5-10,13-17H,11-12,28H2,1-4H3. The summed E-state index contributed by atoms with van der Waals surface area (Å²) in [7, 11) is 1.65. The molecular weight excluding hydrogens is 426 g/mol. The molecule has 0 spiro atoms. The molecule has 0 bridgehead atoms. The highest BCUT2D eigenvalue weighted by Gasteiger charge is 2.45. The van der Waals surface area contributed by atoms with E-state index in [1.165, 1.54) is 5.56 Å². The fraction of sp³-hybridized carbons (Fsp3) is 0.333. The fourth-order valence-electron chi connectivity index (χ4n) is 4.20. The summed E-state index contributed by atoms with van der Waals surface area (Å²) >= 11 is 0. The Morgan fingerprint density at radius 3 is 2.35 bits per heavy atom. The first-order valence-electron chi connectivity index (χ1n) is 11.5. The first-order valence-corrected chi connectivity index (χ1v) is 11.5. The number of nitrogens with two attached hydrogens (primary N) is 1. The normalized spacial score (nSPS) is 16.3. The van der Waals surface area contributed by atoms with E-state index in [1.807, 2.05) is 24.5 Å². The Morgan fingerprint density at radius 2 is 1.74 bits per heavy atom. The Morgan fingerprint density at radius 1 is 1.00 bits per heavy atom. The topological polar surface area (TPSA) is 100.0 Å². The second-order valence-corrected chi connectivity index (χ2v) is 9.56. The lowest BCUT2D eigenvalue weighted by atomic mass is 9.70. The zero-order valence-corrected chi connectivity index (χ0v) is 19.9. The lowest BCUT2D eigenvalue weighted by Crippen LogP contribution is -2.31. The van der Waals surface area contributed by atoms with Crippen molar-refractivity contribution in [3.63, 3.8) is 0 Å². The third-order valence-corrected chi connectivity index (χ3v) is 7.12. The molecule has 174 valence electrons. The van der Waals surface area contributed by atoms with Crippen LogP contribution in [0, 0.1) is 5.92 Å². The summed E-state index contributed by atoms with van der Waals surface area (Å²) in [6, 6.07) is 14.6. The van der Waals surface area contributed by atoms with Gasteiger partial charge in [-0.2, -0.15) is 4.98 Å². The van der Waals surface area contributed by atoms with Crippen molar-refractivity contribution < 1.29 is 9.26 Å². The van der Waals surface area contributed by atoms with Crippen molar-refractivity contribution in [1.29, 1.82) is 0 Å². The maximum absolute atomic E-state index is 6.18. The van der Waals surface area contributed by atoms with Crippen LogP contribution in [0.2, 0.25) is 0 Å². The lowest BCUT2D eigenvalue weighted by Gasteiger charge is -2.34. The zero-order chi connectivity index (χ0) is 23.9. The average Bonchev–Trinajstić information content (AvgIpc) is 3.42. The molecule has 1 atom stereocenters. The van der Waals surface area contributed by atoms with Crippen LogP contribution in [-0.4, -0.2) is 27.2 Å². The summed E-state index contributed by atoms with van der Waals surface area (Å²) in [5.74, 6) is 2.09. The van der Waals surface area contributed by atoms with E-state index in [1.54, 1.807) is 13.3 Å². The molecule has 7 heteroatoms. The van der Waals surface area contributed by atoms with Crippen LogP contribution in [0.15, 0.2) is 65.6 Å². The highest BCUT2D eigenvalue weighted by molar-refractivity contribution is 5.64. The van der Waals surface area contributed by atoms with Crippen molar-refractivity contribution in [3.8, 4) is 28.3 Å². The van der Waals surface area contributed by atoms with Gasteiger partial charge in [0.05, 0.1) is 24.5 Å². The van der Waals surface area contributed by atoms with Gasteiger partial charge in [0.2, 0.25) is 11.7 Å². The molecule has 0 amide bonds. The molecule has 3 aromatic heterocycles. The first kappa shape index (κ1) is 22.2. The molecular formula is C27H29N5O2. The number of benzene rings is 1. The summed E-state index contributed by atoms with van der Waals surface area (Å²) in [4.78, 5) is 13.6. The first-order chi connectivity index (χ1) is 16.3. The van der Waals surface area contributed by atoms with Gasteiger partial charge < -0.3 is 15.0 Å². The third-order valence-electron chi connectivity index (χ3n) is 7.12. The van der Waals surface area contributed by atoms with Gasteiger partial charge in [0.1, 0.15) is 5.75 Å². The minimum atomic E-state index is -0.443. The second-order valence-electron chi connectivity index (χ2n) is 9.56. The number of aromatic nitrogens is 4. The zero-order valence-electron chi connectivity index (χ0n) is 19.9. The summed E-state index contributed by atoms with van der Waals surface area (Å²) in [6.07, 6.45) is 7.13. The number of hydrogen-bond acceptors (Lipinski definition) is 7. The van der Waals surface area contributed by atoms with Gasteiger partial charge in [-0.05, 0) is 55.0 Å². The summed E-state index contributed by atoms with van der Waals surface area (Å²) < 4.78 is 10.7. The summed E-state index contributed by atoms with van der Waals surface area (Å²) in [5, 5.41) is 4.11. The van der Waals surface area contributed by atoms with Crippen LogP contribution in [0.3, 0.4) is 0 Å². The minimum absolute atomic E-state index is 0.276. The van der Waals surface area contributed by atoms with Gasteiger partial charge in [-0.1, -0.05) is 43.3 Å². The molecule has 0 radical (unpaired) electrons. The van der Waals surface area contributed by atoms with Crippen molar-refractivity contribution in [2.75, 3.05) is 7.11 Å². The van der Waals surface area contributed by atoms with Crippen LogP contribution in [0.4, 0.5) is 0 Å². The Bertz CT molecular complexity index is 1290. The third kappa shape index (κ3) is 3.86. The van der Waals surface area contributed by atoms with Crippen molar-refractivity contribution >= 4 is 0 Å². The van der Waals surface area contributed by atoms with Crippen LogP contribution in [0.5, 0.6) is 5.75 Å². The molecule has 34 heavy (non-hydrogen) atoms. The number of methoxy groups -OCH3 is 1. The molecule has 1 aliphatic rings. The van der Waals surface area contributed by atoms with Gasteiger partial charge in [-0.15, -0.1) is 0 Å². The van der Waals surface area contributed by atoms with Gasteiger partial charge in [-0.3, -0.25) is 9.97 Å². The molecule has 1 fully saturated rings. The predicted molar refractivity (Wildman–Crippen MR) is 130 cm³/mol. The van der Waals surface area contributed by atoms with E-state index in [0.717, 1.165) is 41.0 Å². The highest BCUT2D eigenvalue weighted by Crippen LogP contribution is 2.42. The van der Waals surface area contributed by atoms with E-state index in [4.69, 9.17) is 20.0 Å². The second kappa shape index (κ2) is 8.33. The molecule has 1 aliphatic carbocycles. The van der Waals surface area contributed by atoms with Crippen molar-refractivity contribution in [1.82, 2.24) is 20.1 Å². The molecule has 7 nitrogen and oxygen atoms in total. The molecule has 1 unspecified atom stereocenters. The largest absolute Gasteiger partial charge is 0.495 e. The van der Waals surface area contributed by atoms with Crippen LogP contribution in [0.1, 0.15) is 50.8 Å². The number of nitrogens with zero attached hydrogens (tertiary/aromatic N) is 4. The van der Waals surface area contributed by atoms with Crippen LogP contribution in [-0.2, 0) is 11.0 Å². The quantitative estimate of drug-likeness (QED) is 0.413. The van der Waals surface area contributed by atoms with Crippen LogP contribution in [0.25, 0.3) is 22.5 Å². The highest BCUT2D eigenvalue weighted by atomic mass is 16.5. The Hall–Kier alpha value is -3.58. The van der Waals surface area contributed by atoms with Gasteiger partial charge >= 0.3 is 0 Å². The SMILES string of the molecule is COc1cncc(-c2ccc(C(C)(c3ccc(-c4noc(C5(N)CC5)n4)cn3)C(C)C)cc2)c1.